The predicted octanol–water partition coefficient (Wildman–Crippen LogP) is -0.743. The summed E-state index contributed by atoms with van der Waals surface area (Å²) in [6.07, 6.45) is 0. The van der Waals surface area contributed by atoms with Crippen molar-refractivity contribution in [2.45, 2.75) is 0 Å². The molecule has 0 amide bonds. The minimum atomic E-state index is -1.16. The first-order valence-corrected chi connectivity index (χ1v) is 5.62. The van der Waals surface area contributed by atoms with Crippen LogP contribution >= 0.6 is 0 Å². The van der Waals surface area contributed by atoms with Gasteiger partial charge in [-0.2, -0.15) is 0 Å². The molecule has 0 unspecified atom stereocenters. The third-order valence-corrected chi connectivity index (χ3v) is 3.13. The molecular weight excluding hydrogens is 283 g/mol. The average Bonchev–Trinajstić information content (AvgIpc) is 2.44. The summed E-state index contributed by atoms with van der Waals surface area (Å²) in [5.74, 6) is -7.55. The van der Waals surface area contributed by atoms with E-state index in [4.69, 9.17) is 0 Å². The summed E-state index contributed by atoms with van der Waals surface area (Å²) in [5.41, 5.74) is -1.14. The van der Waals surface area contributed by atoms with E-state index in [2.05, 4.69) is 0 Å². The van der Waals surface area contributed by atoms with E-state index in [0.29, 0.717) is 0 Å². The van der Waals surface area contributed by atoms with Crippen LogP contribution in [0.2, 0.25) is 0 Å². The van der Waals surface area contributed by atoms with Crippen molar-refractivity contribution in [3.05, 3.63) is 6.07 Å². The van der Waals surface area contributed by atoms with E-state index in [0.717, 1.165) is 6.07 Å². The maximum Gasteiger partial charge on any atom is 0.208 e. The molecule has 0 saturated carbocycles. The van der Waals surface area contributed by atoms with E-state index >= 15 is 0 Å². The van der Waals surface area contributed by atoms with Gasteiger partial charge in [0, 0.05) is 11.6 Å². The number of phenolic OH excluding ortho intramolecular Hbond substituents is 8. The van der Waals surface area contributed by atoms with E-state index in [1.54, 1.807) is 0 Å². The molecule has 0 fully saturated rings. The van der Waals surface area contributed by atoms with E-state index < -0.39 is 57.1 Å². The lowest BCUT2D eigenvalue weighted by Crippen LogP contribution is -2.08. The molecule has 0 aliphatic carbocycles. The normalized spacial score (nSPS) is 10.7. The number of hydrogen-bond acceptors (Lipinski definition) is 8. The molecule has 0 spiro atoms. The summed E-state index contributed by atoms with van der Waals surface area (Å²) in [7, 11) is 1.30. The second kappa shape index (κ2) is 4.48. The van der Waals surface area contributed by atoms with Gasteiger partial charge in [-0.1, -0.05) is 0 Å². The van der Waals surface area contributed by atoms with Crippen LogP contribution in [0.3, 0.4) is 0 Å². The molecule has 0 heterocycles. The van der Waals surface area contributed by atoms with Gasteiger partial charge in [0.1, 0.15) is 13.6 Å². The minimum Gasteiger partial charge on any atom is -0.508 e. The van der Waals surface area contributed by atoms with E-state index in [1.165, 1.54) is 7.85 Å². The summed E-state index contributed by atoms with van der Waals surface area (Å²) in [6, 6.07) is 0.836. The zero-order valence-corrected chi connectivity index (χ0v) is 10.7. The van der Waals surface area contributed by atoms with Crippen molar-refractivity contribution in [2.24, 2.45) is 0 Å². The van der Waals surface area contributed by atoms with Crippen LogP contribution in [-0.2, 0) is 0 Å². The molecule has 0 aliphatic heterocycles. The highest BCUT2D eigenvalue weighted by Gasteiger charge is 2.28. The molecule has 0 bridgehead atoms. The van der Waals surface area contributed by atoms with Crippen LogP contribution in [-0.4, -0.2) is 48.7 Å². The van der Waals surface area contributed by atoms with Crippen molar-refractivity contribution in [2.75, 3.05) is 0 Å². The Balaban J connectivity index is 3.00. The Kier molecular flexibility index (Phi) is 3.05. The van der Waals surface area contributed by atoms with E-state index in [-0.39, 0.29) is 5.46 Å². The Labute approximate surface area is 118 Å². The van der Waals surface area contributed by atoms with Gasteiger partial charge >= 0.3 is 0 Å². The fourth-order valence-electron chi connectivity index (χ4n) is 1.97. The van der Waals surface area contributed by atoms with Crippen LogP contribution < -0.4 is 5.46 Å². The van der Waals surface area contributed by atoms with Crippen LogP contribution in [0.4, 0.5) is 0 Å². The van der Waals surface area contributed by atoms with Gasteiger partial charge < -0.3 is 40.9 Å². The first kappa shape index (κ1) is 14.3. The van der Waals surface area contributed by atoms with Gasteiger partial charge in [-0.3, -0.25) is 0 Å². The molecule has 0 saturated heterocycles. The Morgan fingerprint density at radius 3 is 1.43 bits per heavy atom. The zero-order valence-electron chi connectivity index (χ0n) is 10.7. The van der Waals surface area contributed by atoms with Crippen molar-refractivity contribution in [3.8, 4) is 57.1 Å². The molecule has 9 heteroatoms. The summed E-state index contributed by atoms with van der Waals surface area (Å²) in [5, 5.41) is 76.9. The molecule has 0 atom stereocenters. The largest absolute Gasteiger partial charge is 0.508 e. The predicted molar refractivity (Wildman–Crippen MR) is 73.4 cm³/mol. The Bertz CT molecular complexity index is 701. The third-order valence-electron chi connectivity index (χ3n) is 3.13. The lowest BCUT2D eigenvalue weighted by molar-refractivity contribution is 0.329. The Morgan fingerprint density at radius 1 is 0.524 bits per heavy atom. The highest BCUT2D eigenvalue weighted by Crippen LogP contribution is 2.56. The molecule has 2 rings (SSSR count). The molecule has 21 heavy (non-hydrogen) atoms. The number of aromatic hydroxyl groups is 8. The van der Waals surface area contributed by atoms with Crippen LogP contribution in [0.5, 0.6) is 46.0 Å². The fraction of sp³-hybridized carbons (Fsp3) is 0. The molecule has 2 aromatic carbocycles. The van der Waals surface area contributed by atoms with Gasteiger partial charge in [0.15, 0.2) is 23.0 Å². The van der Waals surface area contributed by atoms with Crippen LogP contribution in [0.15, 0.2) is 6.07 Å². The number of rotatable bonds is 1. The fourth-order valence-corrected chi connectivity index (χ4v) is 1.97. The number of hydrogen-bond donors (Lipinski definition) is 8. The lowest BCUT2D eigenvalue weighted by atomic mass is 9.84. The maximum absolute atomic E-state index is 9.85. The molecule has 8 N–H and O–H groups in total. The first-order valence-electron chi connectivity index (χ1n) is 5.62. The quantitative estimate of drug-likeness (QED) is 0.194. The van der Waals surface area contributed by atoms with Crippen LogP contribution in [0.25, 0.3) is 11.1 Å². The summed E-state index contributed by atoms with van der Waals surface area (Å²) in [4.78, 5) is 0. The van der Waals surface area contributed by atoms with Crippen LogP contribution in [0.1, 0.15) is 0 Å². The molecule has 8 nitrogen and oxygen atoms in total. The topological polar surface area (TPSA) is 162 Å². The molecule has 110 valence electrons. The highest BCUT2D eigenvalue weighted by atomic mass is 16.4. The van der Waals surface area contributed by atoms with Gasteiger partial charge in [-0.25, -0.2) is 0 Å². The minimum absolute atomic E-state index is 0.0552. The third kappa shape index (κ3) is 1.86. The van der Waals surface area contributed by atoms with Crippen molar-refractivity contribution >= 4 is 13.3 Å². The first-order chi connectivity index (χ1) is 9.68. The van der Waals surface area contributed by atoms with Crippen molar-refractivity contribution in [1.29, 1.82) is 0 Å². The molecular formula is C12H11BO8. The Morgan fingerprint density at radius 2 is 0.952 bits per heavy atom. The van der Waals surface area contributed by atoms with Crippen molar-refractivity contribution in [3.63, 3.8) is 0 Å². The van der Waals surface area contributed by atoms with Crippen molar-refractivity contribution < 1.29 is 40.9 Å². The van der Waals surface area contributed by atoms with Gasteiger partial charge in [0.05, 0.1) is 5.56 Å². The summed E-state index contributed by atoms with van der Waals surface area (Å²) in [6.45, 7) is 0. The van der Waals surface area contributed by atoms with Crippen molar-refractivity contribution in [1.82, 2.24) is 0 Å². The molecule has 0 aliphatic rings. The van der Waals surface area contributed by atoms with Gasteiger partial charge in [-0.15, -0.1) is 0 Å². The highest BCUT2D eigenvalue weighted by molar-refractivity contribution is 6.39. The van der Waals surface area contributed by atoms with Crippen LogP contribution in [0, 0.1) is 0 Å². The monoisotopic (exact) mass is 294 g/mol. The average molecular weight is 294 g/mol. The van der Waals surface area contributed by atoms with E-state index in [1.807, 2.05) is 0 Å². The van der Waals surface area contributed by atoms with Gasteiger partial charge in [0.2, 0.25) is 17.2 Å². The molecule has 2 aromatic rings. The second-order valence-corrected chi connectivity index (χ2v) is 4.38. The second-order valence-electron chi connectivity index (χ2n) is 4.38. The number of phenols is 8. The molecule has 0 radical (unpaired) electrons. The van der Waals surface area contributed by atoms with Gasteiger partial charge in [0.25, 0.3) is 0 Å². The summed E-state index contributed by atoms with van der Waals surface area (Å²) >= 11 is 0. The summed E-state index contributed by atoms with van der Waals surface area (Å²) < 4.78 is 0. The standard InChI is InChI=1S/C12H11BO8/c13-6-2(14)1-3(15)7(16)4(6)5-8(17)10(19)12(21)11(20)9(5)18/h1,14-21H,13H2. The molecule has 0 aromatic heterocycles. The lowest BCUT2D eigenvalue weighted by Gasteiger charge is -2.16. The maximum atomic E-state index is 9.85. The number of benzene rings is 2. The van der Waals surface area contributed by atoms with E-state index in [9.17, 15) is 40.9 Å². The Hall–Kier alpha value is -3.10. The zero-order chi connectivity index (χ0) is 16.1. The smallest absolute Gasteiger partial charge is 0.208 e. The van der Waals surface area contributed by atoms with Gasteiger partial charge in [-0.05, 0) is 5.46 Å². The SMILES string of the molecule is Bc1c(O)cc(O)c(O)c1-c1c(O)c(O)c(O)c(O)c1O.